The van der Waals surface area contributed by atoms with Crippen molar-refractivity contribution in [2.75, 3.05) is 5.75 Å². The van der Waals surface area contributed by atoms with E-state index in [1.807, 2.05) is 0 Å². The number of hydrogen-bond acceptors (Lipinski definition) is 0. The standard InChI is InChI=1S/C13H11BrS/c14-15-9-3-5-11-8-7-10-4-1-2-6-12(10)13(11)15/h1-8,15H,9H2. The van der Waals surface area contributed by atoms with E-state index in [2.05, 4.69) is 63.4 Å². The lowest BCUT2D eigenvalue weighted by molar-refractivity contribution is 1.46. The molecule has 1 unspecified atom stereocenters. The Labute approximate surface area is 99.5 Å². The number of rotatable bonds is 0. The SMILES string of the molecule is Br[SH]1CC=Cc2ccc3ccccc3c21. The van der Waals surface area contributed by atoms with E-state index in [4.69, 9.17) is 0 Å². The molecule has 0 saturated carbocycles. The van der Waals surface area contributed by atoms with Gasteiger partial charge in [0.25, 0.3) is 0 Å². The smallest absolute Gasteiger partial charge is 0.0122 e. The zero-order valence-corrected chi connectivity index (χ0v) is 10.6. The Morgan fingerprint density at radius 2 is 1.93 bits per heavy atom. The second kappa shape index (κ2) is 3.69. The van der Waals surface area contributed by atoms with E-state index in [0.717, 1.165) is 5.75 Å². The quantitative estimate of drug-likeness (QED) is 0.673. The zero-order valence-electron chi connectivity index (χ0n) is 8.15. The van der Waals surface area contributed by atoms with Gasteiger partial charge in [-0.1, -0.05) is 48.6 Å². The lowest BCUT2D eigenvalue weighted by Gasteiger charge is -2.21. The molecule has 2 heteroatoms. The molecule has 0 aromatic heterocycles. The average molecular weight is 279 g/mol. The molecule has 3 rings (SSSR count). The number of fused-ring (bicyclic) bond motifs is 3. The highest BCUT2D eigenvalue weighted by molar-refractivity contribution is 9.54. The Balaban J connectivity index is 2.41. The number of hydrogen-bond donors (Lipinski definition) is 1. The first-order valence-electron chi connectivity index (χ1n) is 4.98. The van der Waals surface area contributed by atoms with Gasteiger partial charge in [0.2, 0.25) is 0 Å². The molecule has 1 aliphatic rings. The van der Waals surface area contributed by atoms with E-state index in [1.165, 1.54) is 21.2 Å². The van der Waals surface area contributed by atoms with Gasteiger partial charge in [-0.05, 0) is 31.1 Å². The first kappa shape index (κ1) is 9.49. The summed E-state index contributed by atoms with van der Waals surface area (Å²) in [5, 5.41) is 2.75. The van der Waals surface area contributed by atoms with Crippen molar-refractivity contribution in [3.05, 3.63) is 48.0 Å². The second-order valence-corrected chi connectivity index (χ2v) is 7.78. The topological polar surface area (TPSA) is 0 Å². The van der Waals surface area contributed by atoms with Crippen molar-refractivity contribution in [2.24, 2.45) is 0 Å². The van der Waals surface area contributed by atoms with Gasteiger partial charge < -0.3 is 0 Å². The van der Waals surface area contributed by atoms with E-state index in [9.17, 15) is 0 Å². The normalized spacial score (nSPS) is 21.5. The van der Waals surface area contributed by atoms with Crippen molar-refractivity contribution in [1.29, 1.82) is 0 Å². The third-order valence-corrected chi connectivity index (χ3v) is 6.19. The Hall–Kier alpha value is -0.730. The lowest BCUT2D eigenvalue weighted by atomic mass is 10.1. The van der Waals surface area contributed by atoms with E-state index < -0.39 is 0 Å². The van der Waals surface area contributed by atoms with Gasteiger partial charge in [-0.2, -0.15) is 9.33 Å². The summed E-state index contributed by atoms with van der Waals surface area (Å²) in [6.07, 6.45) is 4.50. The fraction of sp³-hybridized carbons (Fsp3) is 0.0769. The summed E-state index contributed by atoms with van der Waals surface area (Å²) in [5.74, 6) is 1.15. The molecule has 1 atom stereocenters. The molecular formula is C13H11BrS. The number of halogens is 1. The van der Waals surface area contributed by atoms with Crippen molar-refractivity contribution >= 4 is 41.0 Å². The minimum absolute atomic E-state index is 0.182. The molecule has 1 heterocycles. The van der Waals surface area contributed by atoms with Crippen LogP contribution >= 0.6 is 24.1 Å². The summed E-state index contributed by atoms with van der Waals surface area (Å²) >= 11 is 3.82. The molecule has 0 spiro atoms. The molecule has 2 aromatic rings. The Morgan fingerprint density at radius 1 is 1.07 bits per heavy atom. The minimum Gasteiger partial charge on any atom is -0.163 e. The molecular weight excluding hydrogens is 268 g/mol. The van der Waals surface area contributed by atoms with Crippen LogP contribution in [0.1, 0.15) is 5.56 Å². The van der Waals surface area contributed by atoms with Crippen LogP contribution in [0.25, 0.3) is 16.8 Å². The third kappa shape index (κ3) is 1.52. The van der Waals surface area contributed by atoms with Crippen LogP contribution in [0.4, 0.5) is 0 Å². The van der Waals surface area contributed by atoms with E-state index in [1.54, 1.807) is 0 Å². The van der Waals surface area contributed by atoms with Gasteiger partial charge >= 0.3 is 0 Å². The number of benzene rings is 2. The van der Waals surface area contributed by atoms with Crippen LogP contribution in [0.15, 0.2) is 47.4 Å². The highest BCUT2D eigenvalue weighted by Gasteiger charge is 2.13. The van der Waals surface area contributed by atoms with Crippen LogP contribution in [-0.2, 0) is 0 Å². The molecule has 0 saturated heterocycles. The molecule has 0 fully saturated rings. The van der Waals surface area contributed by atoms with E-state index in [0.29, 0.717) is 0 Å². The van der Waals surface area contributed by atoms with Crippen LogP contribution in [0.2, 0.25) is 0 Å². The molecule has 0 radical (unpaired) electrons. The minimum atomic E-state index is -0.182. The average Bonchev–Trinajstić information content (AvgIpc) is 2.29. The summed E-state index contributed by atoms with van der Waals surface area (Å²) in [6, 6.07) is 13.1. The summed E-state index contributed by atoms with van der Waals surface area (Å²) in [4.78, 5) is 1.51. The van der Waals surface area contributed by atoms with Gasteiger partial charge in [0, 0.05) is 10.6 Å². The summed E-state index contributed by atoms with van der Waals surface area (Å²) in [7, 11) is -0.182. The van der Waals surface area contributed by atoms with Gasteiger partial charge in [0.05, 0.1) is 0 Å². The van der Waals surface area contributed by atoms with Crippen molar-refractivity contribution in [3.63, 3.8) is 0 Å². The first-order chi connectivity index (χ1) is 7.36. The molecule has 0 aliphatic carbocycles. The van der Waals surface area contributed by atoms with Crippen LogP contribution in [0, 0.1) is 0 Å². The maximum Gasteiger partial charge on any atom is 0.0122 e. The molecule has 2 aromatic carbocycles. The van der Waals surface area contributed by atoms with Crippen molar-refractivity contribution < 1.29 is 0 Å². The predicted molar refractivity (Wildman–Crippen MR) is 74.0 cm³/mol. The molecule has 0 nitrogen and oxygen atoms in total. The highest BCUT2D eigenvalue weighted by atomic mass is 79.9. The van der Waals surface area contributed by atoms with E-state index in [-0.39, 0.29) is 9.33 Å². The third-order valence-electron chi connectivity index (χ3n) is 2.74. The molecule has 0 bridgehead atoms. The fourth-order valence-electron chi connectivity index (χ4n) is 2.04. The van der Waals surface area contributed by atoms with Gasteiger partial charge in [-0.3, -0.25) is 0 Å². The number of thiol groups is 1. The Morgan fingerprint density at radius 3 is 2.87 bits per heavy atom. The maximum atomic E-state index is 3.82. The Kier molecular flexibility index (Phi) is 2.33. The Bertz CT molecular complexity index is 545. The molecule has 1 aliphatic heterocycles. The van der Waals surface area contributed by atoms with Crippen molar-refractivity contribution in [3.8, 4) is 0 Å². The summed E-state index contributed by atoms with van der Waals surface area (Å²) in [6.45, 7) is 0. The van der Waals surface area contributed by atoms with Crippen molar-refractivity contribution in [1.82, 2.24) is 0 Å². The fourth-order valence-corrected chi connectivity index (χ4v) is 5.10. The lowest BCUT2D eigenvalue weighted by Crippen LogP contribution is -1.92. The highest BCUT2D eigenvalue weighted by Crippen LogP contribution is 2.50. The van der Waals surface area contributed by atoms with Crippen molar-refractivity contribution in [2.45, 2.75) is 4.90 Å². The molecule has 15 heavy (non-hydrogen) atoms. The van der Waals surface area contributed by atoms with Gasteiger partial charge in [0.15, 0.2) is 0 Å². The zero-order chi connectivity index (χ0) is 10.3. The second-order valence-electron chi connectivity index (χ2n) is 3.67. The monoisotopic (exact) mass is 278 g/mol. The van der Waals surface area contributed by atoms with Gasteiger partial charge in [0.1, 0.15) is 0 Å². The molecule has 0 N–H and O–H groups in total. The van der Waals surface area contributed by atoms with Crippen LogP contribution in [0.5, 0.6) is 0 Å². The maximum absolute atomic E-state index is 3.82. The summed E-state index contributed by atoms with van der Waals surface area (Å²) in [5.41, 5.74) is 1.38. The molecule has 76 valence electrons. The van der Waals surface area contributed by atoms with Crippen LogP contribution in [0.3, 0.4) is 0 Å². The summed E-state index contributed by atoms with van der Waals surface area (Å²) < 4.78 is 0. The van der Waals surface area contributed by atoms with Crippen LogP contribution < -0.4 is 0 Å². The molecule has 0 amide bonds. The predicted octanol–water partition coefficient (Wildman–Crippen LogP) is 4.54. The van der Waals surface area contributed by atoms with Crippen LogP contribution in [-0.4, -0.2) is 5.75 Å². The largest absolute Gasteiger partial charge is 0.163 e. The van der Waals surface area contributed by atoms with Gasteiger partial charge in [-0.25, -0.2) is 0 Å². The van der Waals surface area contributed by atoms with Gasteiger partial charge in [-0.15, -0.1) is 0 Å². The first-order valence-corrected chi connectivity index (χ1v) is 8.52. The van der Waals surface area contributed by atoms with E-state index >= 15 is 0 Å².